The van der Waals surface area contributed by atoms with E-state index < -0.39 is 35.7 Å². The van der Waals surface area contributed by atoms with Gasteiger partial charge in [-0.05, 0) is 88.0 Å². The summed E-state index contributed by atoms with van der Waals surface area (Å²) in [5, 5.41) is 87.5. The van der Waals surface area contributed by atoms with Crippen LogP contribution in [-0.4, -0.2) is 40.9 Å². The zero-order chi connectivity index (χ0) is 35.3. The normalized spacial score (nSPS) is 22.5. The Morgan fingerprint density at radius 3 is 1.47 bits per heavy atom. The summed E-state index contributed by atoms with van der Waals surface area (Å²) < 4.78 is 6.70. The Labute approximate surface area is 291 Å². The van der Waals surface area contributed by atoms with Gasteiger partial charge in [-0.25, -0.2) is 0 Å². The van der Waals surface area contributed by atoms with Gasteiger partial charge in [-0.1, -0.05) is 36.4 Å². The Morgan fingerprint density at radius 2 is 0.863 bits per heavy atom. The fourth-order valence-corrected chi connectivity index (χ4v) is 9.08. The molecule has 51 heavy (non-hydrogen) atoms. The summed E-state index contributed by atoms with van der Waals surface area (Å²) in [7, 11) is 0. The molecule has 6 atom stereocenters. The fraction of sp³-hybridized carbons (Fsp3) is 0.143. The summed E-state index contributed by atoms with van der Waals surface area (Å²) in [6, 6.07) is 29.1. The quantitative estimate of drug-likeness (QED) is 0.0927. The zero-order valence-electron chi connectivity index (χ0n) is 26.8. The van der Waals surface area contributed by atoms with E-state index in [0.717, 1.165) is 27.8 Å². The third-order valence-electron chi connectivity index (χ3n) is 10.9. The van der Waals surface area contributed by atoms with Crippen molar-refractivity contribution in [2.24, 2.45) is 0 Å². The predicted octanol–water partition coefficient (Wildman–Crippen LogP) is 7.76. The van der Waals surface area contributed by atoms with Crippen LogP contribution in [0.4, 0.5) is 0 Å². The van der Waals surface area contributed by atoms with Crippen LogP contribution < -0.4 is 4.74 Å². The van der Waals surface area contributed by atoms with E-state index in [-0.39, 0.29) is 46.0 Å². The molecule has 1 heterocycles. The van der Waals surface area contributed by atoms with E-state index in [2.05, 4.69) is 0 Å². The van der Waals surface area contributed by atoms with E-state index in [1.54, 1.807) is 84.9 Å². The lowest BCUT2D eigenvalue weighted by Gasteiger charge is -2.34. The smallest absolute Gasteiger partial charge is 0.135 e. The van der Waals surface area contributed by atoms with Crippen molar-refractivity contribution in [2.75, 3.05) is 0 Å². The van der Waals surface area contributed by atoms with Gasteiger partial charge in [-0.3, -0.25) is 0 Å². The Balaban J connectivity index is 1.44. The maximum atomic E-state index is 12.1. The standard InChI is InChI=1S/C42H32O9/c43-23-7-1-19(2-8-23)33-35(22-13-26(46)15-27(47)14-22)38-31(50)18-32-39-37(42(51-32)21-5-11-25(45)12-6-21)29-16-28(48)17-30(49)36(29)34(40(33)41(38)39)20-3-9-24(44)10-4-20/h1-18,33-35,37,40,42-50H/t33-,34-,35+,37-,40-,42-/m1/s1. The summed E-state index contributed by atoms with van der Waals surface area (Å²) in [4.78, 5) is 0. The van der Waals surface area contributed by atoms with E-state index >= 15 is 0 Å². The molecule has 6 aromatic rings. The SMILES string of the molecule is Oc1ccc([C@@H]2c3c(O)cc(O)cc3[C@@H]3c4c(cc(O)c5c4[C@@H]2[C@H](c2ccc(O)cc2)[C@@H]5c2cc(O)cc(O)c2)O[C@@H]3c2ccc(O)cc2)cc1. The van der Waals surface area contributed by atoms with Gasteiger partial charge in [0.1, 0.15) is 57.8 Å². The minimum Gasteiger partial charge on any atom is -0.508 e. The van der Waals surface area contributed by atoms with Crippen molar-refractivity contribution in [1.82, 2.24) is 0 Å². The van der Waals surface area contributed by atoms with E-state index in [1.165, 1.54) is 12.1 Å². The monoisotopic (exact) mass is 680 g/mol. The largest absolute Gasteiger partial charge is 0.508 e. The highest BCUT2D eigenvalue weighted by Gasteiger charge is 2.56. The molecule has 1 aliphatic heterocycles. The van der Waals surface area contributed by atoms with Gasteiger partial charge < -0.3 is 45.6 Å². The van der Waals surface area contributed by atoms with Crippen LogP contribution in [0, 0.1) is 0 Å². The molecular formula is C42H32O9. The molecule has 9 nitrogen and oxygen atoms in total. The summed E-state index contributed by atoms with van der Waals surface area (Å²) >= 11 is 0. The number of aromatic hydroxyl groups is 8. The molecule has 0 saturated heterocycles. The second kappa shape index (κ2) is 11.0. The van der Waals surface area contributed by atoms with Crippen molar-refractivity contribution in [3.63, 3.8) is 0 Å². The van der Waals surface area contributed by atoms with Crippen LogP contribution in [0.3, 0.4) is 0 Å². The topological polar surface area (TPSA) is 171 Å². The second-order valence-corrected chi connectivity index (χ2v) is 13.7. The van der Waals surface area contributed by atoms with Crippen LogP contribution in [-0.2, 0) is 0 Å². The number of benzene rings is 6. The first-order chi connectivity index (χ1) is 24.6. The van der Waals surface area contributed by atoms with Crippen LogP contribution in [0.2, 0.25) is 0 Å². The third kappa shape index (κ3) is 4.61. The Kier molecular flexibility index (Phi) is 6.60. The predicted molar refractivity (Wildman–Crippen MR) is 186 cm³/mol. The molecule has 0 unspecified atom stereocenters. The van der Waals surface area contributed by atoms with Gasteiger partial charge in [0, 0.05) is 58.6 Å². The lowest BCUT2D eigenvalue weighted by atomic mass is 9.69. The Morgan fingerprint density at radius 1 is 0.353 bits per heavy atom. The third-order valence-corrected chi connectivity index (χ3v) is 10.9. The number of fused-ring (bicyclic) bond motifs is 2. The van der Waals surface area contributed by atoms with Crippen molar-refractivity contribution >= 4 is 0 Å². The summed E-state index contributed by atoms with van der Waals surface area (Å²) in [6.45, 7) is 0. The summed E-state index contributed by atoms with van der Waals surface area (Å²) in [5.74, 6) is -3.02. The lowest BCUT2D eigenvalue weighted by Crippen LogP contribution is -2.20. The molecule has 9 heteroatoms. The van der Waals surface area contributed by atoms with Crippen LogP contribution >= 0.6 is 0 Å². The minimum atomic E-state index is -0.693. The molecule has 9 rings (SSSR count). The number of hydrogen-bond donors (Lipinski definition) is 8. The average molecular weight is 681 g/mol. The zero-order valence-corrected chi connectivity index (χ0v) is 26.8. The van der Waals surface area contributed by atoms with E-state index in [9.17, 15) is 40.9 Å². The molecule has 8 N–H and O–H groups in total. The number of phenols is 8. The molecule has 0 bridgehead atoms. The summed E-state index contributed by atoms with van der Waals surface area (Å²) in [6.07, 6.45) is -0.693. The first-order valence-corrected chi connectivity index (χ1v) is 16.6. The second-order valence-electron chi connectivity index (χ2n) is 13.7. The van der Waals surface area contributed by atoms with E-state index in [1.807, 2.05) is 12.1 Å². The minimum absolute atomic E-state index is 0.0537. The first-order valence-electron chi connectivity index (χ1n) is 16.6. The number of hydrogen-bond acceptors (Lipinski definition) is 9. The van der Waals surface area contributed by atoms with Gasteiger partial charge in [-0.15, -0.1) is 0 Å². The Bertz CT molecular complexity index is 2330. The van der Waals surface area contributed by atoms with Crippen LogP contribution in [0.15, 0.2) is 109 Å². The van der Waals surface area contributed by atoms with Crippen molar-refractivity contribution < 1.29 is 45.6 Å². The van der Waals surface area contributed by atoms with Gasteiger partial charge in [0.15, 0.2) is 0 Å². The van der Waals surface area contributed by atoms with Gasteiger partial charge in [-0.2, -0.15) is 0 Å². The summed E-state index contributed by atoms with van der Waals surface area (Å²) in [5.41, 5.74) is 6.00. The van der Waals surface area contributed by atoms with Gasteiger partial charge in [0.2, 0.25) is 0 Å². The van der Waals surface area contributed by atoms with Gasteiger partial charge in [0.25, 0.3) is 0 Å². The van der Waals surface area contributed by atoms with E-state index in [0.29, 0.717) is 28.0 Å². The van der Waals surface area contributed by atoms with E-state index in [4.69, 9.17) is 4.74 Å². The number of rotatable bonds is 4. The lowest BCUT2D eigenvalue weighted by molar-refractivity contribution is 0.221. The van der Waals surface area contributed by atoms with Crippen LogP contribution in [0.5, 0.6) is 51.7 Å². The first kappa shape index (κ1) is 30.6. The average Bonchev–Trinajstić information content (AvgIpc) is 3.60. The molecule has 3 aliphatic rings. The molecule has 254 valence electrons. The Hall–Kier alpha value is -6.48. The molecular weight excluding hydrogens is 648 g/mol. The van der Waals surface area contributed by atoms with Crippen molar-refractivity contribution in [3.05, 3.63) is 159 Å². The van der Waals surface area contributed by atoms with Gasteiger partial charge >= 0.3 is 0 Å². The highest BCUT2D eigenvalue weighted by Crippen LogP contribution is 2.70. The molecule has 0 aromatic heterocycles. The molecule has 0 saturated carbocycles. The fourth-order valence-electron chi connectivity index (χ4n) is 9.08. The van der Waals surface area contributed by atoms with Crippen LogP contribution in [0.1, 0.15) is 85.8 Å². The number of phenolic OH excluding ortho intramolecular Hbond substituents is 8. The molecule has 6 aromatic carbocycles. The highest BCUT2D eigenvalue weighted by atomic mass is 16.5. The number of ether oxygens (including phenoxy) is 1. The van der Waals surface area contributed by atoms with Crippen LogP contribution in [0.25, 0.3) is 0 Å². The van der Waals surface area contributed by atoms with Crippen molar-refractivity contribution in [2.45, 2.75) is 35.7 Å². The van der Waals surface area contributed by atoms with Crippen molar-refractivity contribution in [1.29, 1.82) is 0 Å². The molecule has 0 radical (unpaired) electrons. The maximum absolute atomic E-state index is 12.1. The molecule has 0 spiro atoms. The van der Waals surface area contributed by atoms with Gasteiger partial charge in [0.05, 0.1) is 5.92 Å². The molecule has 0 fully saturated rings. The van der Waals surface area contributed by atoms with Crippen molar-refractivity contribution in [3.8, 4) is 51.7 Å². The maximum Gasteiger partial charge on any atom is 0.135 e. The highest BCUT2D eigenvalue weighted by molar-refractivity contribution is 5.72. The molecule has 2 aliphatic carbocycles. The molecule has 0 amide bonds.